The van der Waals surface area contributed by atoms with Gasteiger partial charge in [-0.1, -0.05) is 13.0 Å². The first-order valence-corrected chi connectivity index (χ1v) is 13.3. The molecule has 0 saturated carbocycles. The van der Waals surface area contributed by atoms with Gasteiger partial charge in [0.25, 0.3) is 0 Å². The van der Waals surface area contributed by atoms with Crippen LogP contribution in [-0.4, -0.2) is 32.7 Å². The van der Waals surface area contributed by atoms with Gasteiger partial charge in [-0.15, -0.1) is 0 Å². The van der Waals surface area contributed by atoms with Crippen LogP contribution in [0.4, 0.5) is 11.4 Å². The maximum atomic E-state index is 12.1. The Labute approximate surface area is 234 Å². The van der Waals surface area contributed by atoms with Crippen molar-refractivity contribution in [3.8, 4) is 11.6 Å². The number of pyridine rings is 2. The van der Waals surface area contributed by atoms with Gasteiger partial charge in [0.05, 0.1) is 30.6 Å². The molecule has 4 heterocycles. The molecule has 200 valence electrons. The Morgan fingerprint density at radius 1 is 1.08 bits per heavy atom. The molecule has 0 aliphatic carbocycles. The quantitative estimate of drug-likeness (QED) is 0.290. The van der Waals surface area contributed by atoms with E-state index >= 15 is 0 Å². The van der Waals surface area contributed by atoms with E-state index in [9.17, 15) is 4.79 Å². The zero-order valence-electron chi connectivity index (χ0n) is 22.7. The number of ether oxygens (including phenoxy) is 1. The number of amides is 1. The molecule has 1 fully saturated rings. The smallest absolute Gasteiger partial charge is 0.224 e. The molecule has 1 aliphatic heterocycles. The number of carbonyl (C=O) groups is 1. The molecule has 5 rings (SSSR count). The van der Waals surface area contributed by atoms with Crippen LogP contribution in [0.25, 0.3) is 5.82 Å². The lowest BCUT2D eigenvalue weighted by atomic mass is 9.96. The van der Waals surface area contributed by atoms with E-state index < -0.39 is 0 Å². The van der Waals surface area contributed by atoms with E-state index in [1.54, 1.807) is 13.3 Å². The van der Waals surface area contributed by atoms with Crippen molar-refractivity contribution in [2.24, 2.45) is 0 Å². The molecule has 0 unspecified atom stereocenters. The molecule has 0 radical (unpaired) electrons. The number of hydrogen-bond donors (Lipinski definition) is 2. The summed E-state index contributed by atoms with van der Waals surface area (Å²) in [5.41, 5.74) is 6.77. The van der Waals surface area contributed by atoms with Crippen LogP contribution in [-0.2, 0) is 4.79 Å². The largest absolute Gasteiger partial charge is 0.494 e. The Bertz CT molecular complexity index is 1530. The van der Waals surface area contributed by atoms with Gasteiger partial charge in [0.15, 0.2) is 5.11 Å². The van der Waals surface area contributed by atoms with Gasteiger partial charge >= 0.3 is 0 Å². The van der Waals surface area contributed by atoms with Gasteiger partial charge in [-0.25, -0.2) is 4.98 Å². The number of thiocarbonyl (C=S) groups is 1. The first-order chi connectivity index (χ1) is 18.8. The molecule has 1 aliphatic rings. The van der Waals surface area contributed by atoms with Crippen molar-refractivity contribution in [1.82, 2.24) is 19.9 Å². The number of nitrogens with one attached hydrogen (secondary N) is 2. The minimum atomic E-state index is -0.196. The van der Waals surface area contributed by atoms with Gasteiger partial charge in [-0.2, -0.15) is 0 Å². The minimum absolute atomic E-state index is 0.0790. The van der Waals surface area contributed by atoms with Gasteiger partial charge in [0.2, 0.25) is 5.91 Å². The first kappa shape index (κ1) is 26.4. The molecule has 9 heteroatoms. The minimum Gasteiger partial charge on any atom is -0.494 e. The summed E-state index contributed by atoms with van der Waals surface area (Å²) in [7, 11) is 1.60. The monoisotopic (exact) mass is 540 g/mol. The summed E-state index contributed by atoms with van der Waals surface area (Å²) in [5.74, 6) is 1.36. The molecular formula is C30H32N6O2S. The summed E-state index contributed by atoms with van der Waals surface area (Å²) < 4.78 is 7.85. The number of aryl methyl sites for hydroxylation is 2. The third-order valence-corrected chi connectivity index (χ3v) is 7.39. The number of hydrogen-bond acceptors (Lipinski definition) is 5. The predicted molar refractivity (Wildman–Crippen MR) is 158 cm³/mol. The highest BCUT2D eigenvalue weighted by Crippen LogP contribution is 2.45. The molecule has 1 aromatic carbocycles. The lowest BCUT2D eigenvalue weighted by Gasteiger charge is -2.29. The number of benzene rings is 1. The highest BCUT2D eigenvalue weighted by Gasteiger charge is 2.42. The fourth-order valence-electron chi connectivity index (χ4n) is 5.20. The maximum Gasteiger partial charge on any atom is 0.224 e. The molecule has 1 saturated heterocycles. The van der Waals surface area contributed by atoms with Crippen LogP contribution >= 0.6 is 12.2 Å². The van der Waals surface area contributed by atoms with E-state index in [1.807, 2.05) is 55.6 Å². The Morgan fingerprint density at radius 3 is 2.59 bits per heavy atom. The van der Waals surface area contributed by atoms with E-state index in [-0.39, 0.29) is 18.0 Å². The topological polar surface area (TPSA) is 84.3 Å². The van der Waals surface area contributed by atoms with Gasteiger partial charge < -0.3 is 24.8 Å². The Kier molecular flexibility index (Phi) is 7.34. The lowest BCUT2D eigenvalue weighted by molar-refractivity contribution is -0.115. The molecule has 4 aromatic rings. The first-order valence-electron chi connectivity index (χ1n) is 12.9. The molecule has 0 bridgehead atoms. The van der Waals surface area contributed by atoms with Gasteiger partial charge in [-0.05, 0) is 86.6 Å². The normalized spacial score (nSPS) is 16.7. The molecule has 1 amide bonds. The van der Waals surface area contributed by atoms with E-state index in [0.29, 0.717) is 23.0 Å². The molecule has 39 heavy (non-hydrogen) atoms. The van der Waals surface area contributed by atoms with Crippen LogP contribution in [0.5, 0.6) is 5.75 Å². The van der Waals surface area contributed by atoms with Crippen molar-refractivity contribution in [2.75, 3.05) is 17.3 Å². The zero-order valence-corrected chi connectivity index (χ0v) is 23.5. The van der Waals surface area contributed by atoms with Crippen LogP contribution in [0.2, 0.25) is 0 Å². The van der Waals surface area contributed by atoms with E-state index in [1.165, 1.54) is 0 Å². The Morgan fingerprint density at radius 2 is 1.90 bits per heavy atom. The lowest BCUT2D eigenvalue weighted by Crippen LogP contribution is -2.29. The summed E-state index contributed by atoms with van der Waals surface area (Å²) in [6.45, 7) is 8.09. The van der Waals surface area contributed by atoms with Crippen molar-refractivity contribution in [1.29, 1.82) is 0 Å². The van der Waals surface area contributed by atoms with Crippen molar-refractivity contribution < 1.29 is 9.53 Å². The zero-order chi connectivity index (χ0) is 27.7. The molecule has 2 atom stereocenters. The third-order valence-electron chi connectivity index (χ3n) is 7.08. The number of methoxy groups -OCH3 is 1. The highest BCUT2D eigenvalue weighted by molar-refractivity contribution is 7.80. The van der Waals surface area contributed by atoms with Crippen LogP contribution in [0.15, 0.2) is 67.0 Å². The second-order valence-electron chi connectivity index (χ2n) is 9.64. The number of nitrogens with zero attached hydrogens (tertiary/aromatic N) is 4. The van der Waals surface area contributed by atoms with Crippen molar-refractivity contribution in [2.45, 2.75) is 46.2 Å². The fraction of sp³-hybridized carbons (Fsp3) is 0.267. The molecule has 2 N–H and O–H groups in total. The SMILES string of the molecule is CCC(=O)Nc1ccc(N2C(=S)N[C@@H](c3ccccn3)[C@H]2c2cc(C)n(-c3cc(C)ccn3)c2C)cc1OC. The van der Waals surface area contributed by atoms with Crippen LogP contribution in [0.3, 0.4) is 0 Å². The summed E-state index contributed by atoms with van der Waals surface area (Å²) in [6, 6.07) is 17.5. The van der Waals surface area contributed by atoms with Crippen LogP contribution < -0.4 is 20.3 Å². The summed E-state index contributed by atoms with van der Waals surface area (Å²) in [6.07, 6.45) is 4.02. The second kappa shape index (κ2) is 10.9. The van der Waals surface area contributed by atoms with Crippen LogP contribution in [0, 0.1) is 20.8 Å². The van der Waals surface area contributed by atoms with E-state index in [0.717, 1.165) is 39.7 Å². The summed E-state index contributed by atoms with van der Waals surface area (Å²) in [5, 5.41) is 7.02. The maximum absolute atomic E-state index is 12.1. The average Bonchev–Trinajstić information content (AvgIpc) is 3.43. The Hall–Kier alpha value is -4.24. The summed E-state index contributed by atoms with van der Waals surface area (Å²) >= 11 is 5.93. The molecule has 8 nitrogen and oxygen atoms in total. The molecule has 0 spiro atoms. The molecular weight excluding hydrogens is 508 g/mol. The number of rotatable bonds is 7. The van der Waals surface area contributed by atoms with Crippen molar-refractivity contribution >= 4 is 34.6 Å². The number of carbonyl (C=O) groups excluding carboxylic acids is 1. The van der Waals surface area contributed by atoms with Gasteiger partial charge in [0, 0.05) is 42.0 Å². The fourth-order valence-corrected chi connectivity index (χ4v) is 5.55. The van der Waals surface area contributed by atoms with Gasteiger partial charge in [0.1, 0.15) is 11.6 Å². The van der Waals surface area contributed by atoms with Crippen molar-refractivity contribution in [3.05, 3.63) is 95.2 Å². The van der Waals surface area contributed by atoms with E-state index in [2.05, 4.69) is 63.0 Å². The highest BCUT2D eigenvalue weighted by atomic mass is 32.1. The standard InChI is InChI=1S/C30H32N6O2S/c1-6-27(37)33-23-11-10-21(17-25(23)38-5)36-29(28(34-30(36)39)24-9-7-8-13-31-24)22-16-19(3)35(20(22)4)26-15-18(2)12-14-32-26/h7-17,28-29H,6H2,1-5H3,(H,33,37)(H,34,39)/t28-,29+/m0/s1. The Balaban J connectivity index is 1.65. The van der Waals surface area contributed by atoms with E-state index in [4.69, 9.17) is 17.0 Å². The molecule has 3 aromatic heterocycles. The predicted octanol–water partition coefficient (Wildman–Crippen LogP) is 5.73. The van der Waals surface area contributed by atoms with Gasteiger partial charge in [-0.3, -0.25) is 9.78 Å². The van der Waals surface area contributed by atoms with Crippen LogP contribution in [0.1, 0.15) is 53.6 Å². The number of anilines is 2. The summed E-state index contributed by atoms with van der Waals surface area (Å²) in [4.78, 5) is 23.5. The second-order valence-corrected chi connectivity index (χ2v) is 10.0. The number of aromatic nitrogens is 3. The average molecular weight is 541 g/mol. The van der Waals surface area contributed by atoms with Crippen molar-refractivity contribution in [3.63, 3.8) is 0 Å². The third kappa shape index (κ3) is 4.97.